The zero-order chi connectivity index (χ0) is 18.8. The van der Waals surface area contributed by atoms with E-state index in [2.05, 4.69) is 16.0 Å². The average Bonchev–Trinajstić information content (AvgIpc) is 2.68. The Balaban J connectivity index is 0.00000225. The van der Waals surface area contributed by atoms with Gasteiger partial charge in [0.2, 0.25) is 0 Å². The van der Waals surface area contributed by atoms with Gasteiger partial charge < -0.3 is 17.3 Å². The van der Waals surface area contributed by atoms with Crippen LogP contribution in [-0.4, -0.2) is 35.7 Å². The lowest BCUT2D eigenvalue weighted by atomic mass is 9.95. The molecule has 8 heteroatoms. The van der Waals surface area contributed by atoms with Gasteiger partial charge >= 0.3 is 5.69 Å². The van der Waals surface area contributed by atoms with Gasteiger partial charge in [-0.1, -0.05) is 36.9 Å². The maximum atomic E-state index is 12.6. The summed E-state index contributed by atoms with van der Waals surface area (Å²) in [4.78, 5) is 31.6. The number of piperazine rings is 1. The lowest BCUT2D eigenvalue weighted by Crippen LogP contribution is -3.10. The van der Waals surface area contributed by atoms with Crippen LogP contribution in [0.4, 0.5) is 11.5 Å². The maximum Gasteiger partial charge on any atom is 0.330 e. The molecule has 1 aliphatic heterocycles. The Kier molecular flexibility index (Phi) is 6.86. The molecular weight excluding hydrogens is 399 g/mol. The first kappa shape index (κ1) is 21.0. The van der Waals surface area contributed by atoms with Crippen molar-refractivity contribution in [3.8, 4) is 0 Å². The zero-order valence-corrected chi connectivity index (χ0v) is 17.3. The standard InChI is InChI=1S/C20H25ClN4O2.ClH/c21-15-5-4-8-17(13-15)23-9-11-24(12-10-23)18-14-19(26)25(20(27)22-18)16-6-2-1-3-7-16;/h4-5,8,13-14,16H,1-3,6-7,9-12H2,(H,22,27);1H. The van der Waals surface area contributed by atoms with Crippen molar-refractivity contribution in [2.45, 2.75) is 38.1 Å². The molecule has 0 atom stereocenters. The number of hydrogen-bond donors (Lipinski definition) is 2. The first-order valence-electron chi connectivity index (χ1n) is 9.83. The van der Waals surface area contributed by atoms with Crippen molar-refractivity contribution < 1.29 is 17.3 Å². The van der Waals surface area contributed by atoms with Crippen molar-refractivity contribution in [1.29, 1.82) is 0 Å². The van der Waals surface area contributed by atoms with Crippen molar-refractivity contribution in [2.24, 2.45) is 0 Å². The van der Waals surface area contributed by atoms with Crippen LogP contribution in [0.2, 0.25) is 5.02 Å². The van der Waals surface area contributed by atoms with E-state index in [-0.39, 0.29) is 29.7 Å². The van der Waals surface area contributed by atoms with Crippen molar-refractivity contribution in [2.75, 3.05) is 31.1 Å². The highest BCUT2D eigenvalue weighted by Crippen LogP contribution is 2.25. The van der Waals surface area contributed by atoms with Crippen molar-refractivity contribution in [3.63, 3.8) is 0 Å². The van der Waals surface area contributed by atoms with Crippen LogP contribution < -0.4 is 33.5 Å². The molecular formula is C20H26Cl2N4O2. The normalized spacial score (nSPS) is 18.7. The van der Waals surface area contributed by atoms with Crippen molar-refractivity contribution >= 4 is 23.1 Å². The number of nitrogens with one attached hydrogen (secondary N) is 2. The third kappa shape index (κ3) is 4.45. The van der Waals surface area contributed by atoms with Gasteiger partial charge in [0.1, 0.15) is 11.5 Å². The van der Waals surface area contributed by atoms with Gasteiger partial charge in [0.15, 0.2) is 0 Å². The molecule has 2 heterocycles. The van der Waals surface area contributed by atoms with Crippen LogP contribution in [0, 0.1) is 0 Å². The summed E-state index contributed by atoms with van der Waals surface area (Å²) in [5.41, 5.74) is 0.739. The molecule has 0 spiro atoms. The second-order valence-corrected chi connectivity index (χ2v) is 8.00. The number of benzene rings is 1. The van der Waals surface area contributed by atoms with Gasteiger partial charge in [0.25, 0.3) is 5.56 Å². The van der Waals surface area contributed by atoms with Crippen LogP contribution in [-0.2, 0) is 0 Å². The van der Waals surface area contributed by atoms with Crippen molar-refractivity contribution in [3.05, 3.63) is 56.2 Å². The smallest absolute Gasteiger partial charge is 0.330 e. The molecule has 0 amide bonds. The number of H-pyrrole nitrogens is 1. The van der Waals surface area contributed by atoms with Gasteiger partial charge in [-0.3, -0.25) is 19.2 Å². The minimum atomic E-state index is -0.269. The largest absolute Gasteiger partial charge is 1.00 e. The van der Waals surface area contributed by atoms with Crippen molar-refractivity contribution in [1.82, 2.24) is 9.55 Å². The summed E-state index contributed by atoms with van der Waals surface area (Å²) in [6.45, 7) is 3.36. The van der Waals surface area contributed by atoms with Crippen LogP contribution in [0.1, 0.15) is 38.1 Å². The highest BCUT2D eigenvalue weighted by Gasteiger charge is 2.24. The lowest BCUT2D eigenvalue weighted by molar-refractivity contribution is -0.833. The van der Waals surface area contributed by atoms with Gasteiger partial charge in [0, 0.05) is 23.2 Å². The Morgan fingerprint density at radius 3 is 2.39 bits per heavy atom. The molecule has 4 rings (SSSR count). The Bertz CT molecular complexity index is 882. The van der Waals surface area contributed by atoms with E-state index in [1.165, 1.54) is 21.6 Å². The molecule has 2 aromatic rings. The molecule has 0 bridgehead atoms. The number of halogens is 2. The highest BCUT2D eigenvalue weighted by molar-refractivity contribution is 6.30. The third-order valence-electron chi connectivity index (χ3n) is 5.83. The van der Waals surface area contributed by atoms with E-state index in [1.54, 1.807) is 6.07 Å². The summed E-state index contributed by atoms with van der Waals surface area (Å²) in [6, 6.07) is 9.59. The number of quaternary nitrogens is 1. The topological polar surface area (TPSA) is 62.5 Å². The molecule has 28 heavy (non-hydrogen) atoms. The molecule has 2 fully saturated rings. The predicted octanol–water partition coefficient (Wildman–Crippen LogP) is -1.26. The van der Waals surface area contributed by atoms with Gasteiger partial charge in [-0.15, -0.1) is 0 Å². The third-order valence-corrected chi connectivity index (χ3v) is 6.07. The first-order valence-corrected chi connectivity index (χ1v) is 10.2. The van der Waals surface area contributed by atoms with Gasteiger partial charge in [-0.25, -0.2) is 4.79 Å². The van der Waals surface area contributed by atoms with Crippen LogP contribution in [0.3, 0.4) is 0 Å². The molecule has 1 aromatic carbocycles. The van der Waals surface area contributed by atoms with Gasteiger partial charge in [0.05, 0.1) is 26.2 Å². The van der Waals surface area contributed by atoms with E-state index in [9.17, 15) is 9.59 Å². The Labute approximate surface area is 175 Å². The van der Waals surface area contributed by atoms with E-state index < -0.39 is 0 Å². The summed E-state index contributed by atoms with van der Waals surface area (Å²) in [6.07, 6.45) is 5.22. The van der Waals surface area contributed by atoms with E-state index >= 15 is 0 Å². The van der Waals surface area contributed by atoms with Crippen LogP contribution in [0.5, 0.6) is 0 Å². The molecule has 0 radical (unpaired) electrons. The quantitative estimate of drug-likeness (QED) is 0.646. The molecule has 2 N–H and O–H groups in total. The zero-order valence-electron chi connectivity index (χ0n) is 15.8. The fraction of sp³-hybridized carbons (Fsp3) is 0.500. The van der Waals surface area contributed by atoms with E-state index in [1.807, 2.05) is 18.2 Å². The lowest BCUT2D eigenvalue weighted by Gasteiger charge is -2.33. The molecule has 0 unspecified atom stereocenters. The monoisotopic (exact) mass is 424 g/mol. The summed E-state index contributed by atoms with van der Waals surface area (Å²) >= 11 is 6.10. The number of anilines is 1. The fourth-order valence-electron chi connectivity index (χ4n) is 4.36. The second-order valence-electron chi connectivity index (χ2n) is 7.56. The van der Waals surface area contributed by atoms with Crippen LogP contribution in [0.15, 0.2) is 39.9 Å². The SMILES string of the molecule is O=c1cc(N2CC[NH+](c3cccc(Cl)c3)CC2)[nH]c(=O)n1C1CCCCC1.[Cl-]. The molecule has 152 valence electrons. The Hall–Kier alpha value is -1.76. The molecule has 1 aromatic heterocycles. The summed E-state index contributed by atoms with van der Waals surface area (Å²) < 4.78 is 1.43. The van der Waals surface area contributed by atoms with Gasteiger partial charge in [-0.2, -0.15) is 0 Å². The predicted molar refractivity (Wildman–Crippen MR) is 107 cm³/mol. The van der Waals surface area contributed by atoms with Gasteiger partial charge in [-0.05, 0) is 25.0 Å². The number of aromatic amines is 1. The number of aromatic nitrogens is 2. The highest BCUT2D eigenvalue weighted by atomic mass is 35.5. The molecule has 1 saturated carbocycles. The molecule has 2 aliphatic rings. The molecule has 1 saturated heterocycles. The summed E-state index contributed by atoms with van der Waals surface area (Å²) in [5.74, 6) is 0.641. The maximum absolute atomic E-state index is 12.6. The van der Waals surface area contributed by atoms with E-state index in [4.69, 9.17) is 11.6 Å². The Morgan fingerprint density at radius 1 is 1.04 bits per heavy atom. The summed E-state index contributed by atoms with van der Waals surface area (Å²) in [5, 5.41) is 0.748. The number of nitrogens with zero attached hydrogens (tertiary/aromatic N) is 2. The summed E-state index contributed by atoms with van der Waals surface area (Å²) in [7, 11) is 0. The first-order chi connectivity index (χ1) is 13.1. The average molecular weight is 425 g/mol. The van der Waals surface area contributed by atoms with E-state index in [0.717, 1.165) is 56.9 Å². The number of rotatable bonds is 3. The van der Waals surface area contributed by atoms with Crippen LogP contribution in [0.25, 0.3) is 0 Å². The minimum absolute atomic E-state index is 0. The minimum Gasteiger partial charge on any atom is -1.00 e. The fourth-order valence-corrected chi connectivity index (χ4v) is 4.55. The molecule has 1 aliphatic carbocycles. The molecule has 6 nitrogen and oxygen atoms in total. The van der Waals surface area contributed by atoms with Crippen LogP contribution >= 0.6 is 11.6 Å². The second kappa shape index (κ2) is 9.16. The van der Waals surface area contributed by atoms with E-state index in [0.29, 0.717) is 5.82 Å². The number of hydrogen-bond acceptors (Lipinski definition) is 3. The Morgan fingerprint density at radius 2 is 1.75 bits per heavy atom.